The minimum atomic E-state index is -1.04. The van der Waals surface area contributed by atoms with Gasteiger partial charge in [-0.15, -0.1) is 0 Å². The van der Waals surface area contributed by atoms with E-state index < -0.39 is 17.9 Å². The van der Waals surface area contributed by atoms with E-state index >= 15 is 0 Å². The number of nitrogens with one attached hydrogen (secondary N) is 1. The van der Waals surface area contributed by atoms with E-state index in [-0.39, 0.29) is 11.7 Å². The first-order chi connectivity index (χ1) is 9.43. The Balaban J connectivity index is 2.66. The summed E-state index contributed by atoms with van der Waals surface area (Å²) < 4.78 is 0. The zero-order chi connectivity index (χ0) is 15.1. The van der Waals surface area contributed by atoms with Crippen molar-refractivity contribution in [1.29, 1.82) is 0 Å². The third-order valence-electron chi connectivity index (χ3n) is 3.10. The van der Waals surface area contributed by atoms with Gasteiger partial charge in [0, 0.05) is 6.08 Å². The number of rotatable bonds is 6. The topological polar surface area (TPSA) is 86.6 Å². The summed E-state index contributed by atoms with van der Waals surface area (Å²) in [5, 5.41) is 20.7. The molecule has 1 aromatic rings. The molecule has 0 aliphatic heterocycles. The third kappa shape index (κ3) is 4.76. The summed E-state index contributed by atoms with van der Waals surface area (Å²) in [6.07, 6.45) is 3.51. The number of aromatic hydroxyl groups is 1. The Morgan fingerprint density at radius 2 is 1.90 bits per heavy atom. The number of hydrogen-bond donors (Lipinski definition) is 3. The first-order valence-electron chi connectivity index (χ1n) is 6.44. The molecule has 0 unspecified atom stereocenters. The van der Waals surface area contributed by atoms with Crippen molar-refractivity contribution in [2.75, 3.05) is 0 Å². The average molecular weight is 277 g/mol. The van der Waals surface area contributed by atoms with Crippen molar-refractivity contribution < 1.29 is 19.8 Å². The number of carboxylic acids is 1. The van der Waals surface area contributed by atoms with Crippen molar-refractivity contribution in [3.05, 3.63) is 35.9 Å². The summed E-state index contributed by atoms with van der Waals surface area (Å²) in [7, 11) is 0. The SMILES string of the molecule is CC[C@H](C)[C@H](NC(=O)/C=C/c1ccc(O)cc1)C(=O)O. The molecule has 3 N–H and O–H groups in total. The summed E-state index contributed by atoms with van der Waals surface area (Å²) in [5.41, 5.74) is 0.744. The van der Waals surface area contributed by atoms with Crippen molar-refractivity contribution in [3.63, 3.8) is 0 Å². The highest BCUT2D eigenvalue weighted by Crippen LogP contribution is 2.11. The van der Waals surface area contributed by atoms with Crippen LogP contribution in [0, 0.1) is 5.92 Å². The van der Waals surface area contributed by atoms with Gasteiger partial charge in [0.1, 0.15) is 11.8 Å². The number of phenolic OH excluding ortho intramolecular Hbond substituents is 1. The zero-order valence-electron chi connectivity index (χ0n) is 11.5. The third-order valence-corrected chi connectivity index (χ3v) is 3.10. The normalized spacial score (nSPS) is 13.9. The van der Waals surface area contributed by atoms with Gasteiger partial charge in [-0.2, -0.15) is 0 Å². The lowest BCUT2D eigenvalue weighted by Gasteiger charge is -2.19. The molecule has 1 amide bonds. The van der Waals surface area contributed by atoms with Gasteiger partial charge in [0.25, 0.3) is 0 Å². The largest absolute Gasteiger partial charge is 0.508 e. The highest BCUT2D eigenvalue weighted by atomic mass is 16.4. The molecule has 0 saturated heterocycles. The standard InChI is InChI=1S/C15H19NO4/c1-3-10(2)14(15(19)20)16-13(18)9-6-11-4-7-12(17)8-5-11/h4-10,14,17H,3H2,1-2H3,(H,16,18)(H,19,20)/b9-6+/t10-,14-/m0/s1. The summed E-state index contributed by atoms with van der Waals surface area (Å²) in [5.74, 6) is -1.48. The first-order valence-corrected chi connectivity index (χ1v) is 6.44. The molecule has 0 aliphatic carbocycles. The van der Waals surface area contributed by atoms with E-state index in [1.54, 1.807) is 25.1 Å². The van der Waals surface area contributed by atoms with Crippen molar-refractivity contribution in [3.8, 4) is 5.75 Å². The minimum absolute atomic E-state index is 0.140. The Morgan fingerprint density at radius 3 is 2.40 bits per heavy atom. The van der Waals surface area contributed by atoms with E-state index in [4.69, 9.17) is 10.2 Å². The van der Waals surface area contributed by atoms with Crippen molar-refractivity contribution in [2.45, 2.75) is 26.3 Å². The smallest absolute Gasteiger partial charge is 0.326 e. The maximum Gasteiger partial charge on any atom is 0.326 e. The maximum atomic E-state index is 11.7. The molecule has 0 radical (unpaired) electrons. The molecule has 0 aromatic heterocycles. The highest BCUT2D eigenvalue weighted by Gasteiger charge is 2.24. The van der Waals surface area contributed by atoms with Crippen LogP contribution in [0.3, 0.4) is 0 Å². The van der Waals surface area contributed by atoms with Gasteiger partial charge in [-0.1, -0.05) is 32.4 Å². The molecule has 5 heteroatoms. The lowest BCUT2D eigenvalue weighted by atomic mass is 9.99. The molecular formula is C15H19NO4. The molecule has 0 bridgehead atoms. The molecule has 5 nitrogen and oxygen atoms in total. The van der Waals surface area contributed by atoms with Crippen LogP contribution in [-0.2, 0) is 9.59 Å². The molecule has 0 saturated carbocycles. The quantitative estimate of drug-likeness (QED) is 0.694. The Kier molecular flexibility index (Phi) is 5.77. The predicted octanol–water partition coefficient (Wildman–Crippen LogP) is 2.02. The highest BCUT2D eigenvalue weighted by molar-refractivity contribution is 5.94. The van der Waals surface area contributed by atoms with Crippen LogP contribution < -0.4 is 5.32 Å². The van der Waals surface area contributed by atoms with Gasteiger partial charge in [0.2, 0.25) is 5.91 Å². The molecule has 0 aliphatic rings. The number of hydrogen-bond acceptors (Lipinski definition) is 3. The molecule has 108 valence electrons. The zero-order valence-corrected chi connectivity index (χ0v) is 11.5. The van der Waals surface area contributed by atoms with Crippen LogP contribution in [0.25, 0.3) is 6.08 Å². The Morgan fingerprint density at radius 1 is 1.30 bits per heavy atom. The van der Waals surface area contributed by atoms with E-state index in [0.29, 0.717) is 6.42 Å². The number of carboxylic acid groups (broad SMARTS) is 1. The lowest BCUT2D eigenvalue weighted by molar-refractivity contribution is -0.142. The average Bonchev–Trinajstić information content (AvgIpc) is 2.43. The van der Waals surface area contributed by atoms with Gasteiger partial charge in [-0.3, -0.25) is 4.79 Å². The van der Waals surface area contributed by atoms with Gasteiger partial charge in [-0.05, 0) is 29.7 Å². The molecule has 1 aromatic carbocycles. The molecule has 0 spiro atoms. The fraction of sp³-hybridized carbons (Fsp3) is 0.333. The van der Waals surface area contributed by atoms with Gasteiger partial charge in [0.15, 0.2) is 0 Å². The number of phenols is 1. The number of amides is 1. The van der Waals surface area contributed by atoms with Gasteiger partial charge >= 0.3 is 5.97 Å². The first kappa shape index (κ1) is 15.8. The molecule has 20 heavy (non-hydrogen) atoms. The van der Waals surface area contributed by atoms with Crippen molar-refractivity contribution >= 4 is 18.0 Å². The van der Waals surface area contributed by atoms with E-state index in [9.17, 15) is 9.59 Å². The van der Waals surface area contributed by atoms with E-state index in [1.807, 2.05) is 6.92 Å². The van der Waals surface area contributed by atoms with Gasteiger partial charge in [-0.25, -0.2) is 4.79 Å². The second kappa shape index (κ2) is 7.33. The van der Waals surface area contributed by atoms with E-state index in [2.05, 4.69) is 5.32 Å². The van der Waals surface area contributed by atoms with Crippen molar-refractivity contribution in [2.24, 2.45) is 5.92 Å². The number of carbonyl (C=O) groups is 2. The summed E-state index contributed by atoms with van der Waals surface area (Å²) in [6, 6.07) is 5.44. The van der Waals surface area contributed by atoms with Crippen LogP contribution in [-0.4, -0.2) is 28.1 Å². The lowest BCUT2D eigenvalue weighted by Crippen LogP contribution is -2.44. The van der Waals surface area contributed by atoms with Crippen molar-refractivity contribution in [1.82, 2.24) is 5.32 Å². The van der Waals surface area contributed by atoms with Gasteiger partial charge in [0.05, 0.1) is 0 Å². The predicted molar refractivity (Wildman–Crippen MR) is 76.2 cm³/mol. The molecule has 0 heterocycles. The fourth-order valence-corrected chi connectivity index (χ4v) is 1.64. The fourth-order valence-electron chi connectivity index (χ4n) is 1.64. The second-order valence-corrected chi connectivity index (χ2v) is 4.63. The van der Waals surface area contributed by atoms with Crippen LogP contribution in [0.2, 0.25) is 0 Å². The van der Waals surface area contributed by atoms with Gasteiger partial charge < -0.3 is 15.5 Å². The van der Waals surface area contributed by atoms with E-state index in [0.717, 1.165) is 5.56 Å². The molecule has 1 rings (SSSR count). The molecule has 0 fully saturated rings. The van der Waals surface area contributed by atoms with Crippen LogP contribution in [0.5, 0.6) is 5.75 Å². The second-order valence-electron chi connectivity index (χ2n) is 4.63. The molecular weight excluding hydrogens is 258 g/mol. The van der Waals surface area contributed by atoms with E-state index in [1.165, 1.54) is 18.2 Å². The number of benzene rings is 1. The number of carbonyl (C=O) groups excluding carboxylic acids is 1. The molecule has 2 atom stereocenters. The summed E-state index contributed by atoms with van der Waals surface area (Å²) in [4.78, 5) is 22.8. The number of aliphatic carboxylic acids is 1. The maximum absolute atomic E-state index is 11.7. The minimum Gasteiger partial charge on any atom is -0.508 e. The monoisotopic (exact) mass is 277 g/mol. The Labute approximate surface area is 117 Å². The van der Waals surface area contributed by atoms with Crippen LogP contribution in [0.4, 0.5) is 0 Å². The van der Waals surface area contributed by atoms with Crippen LogP contribution in [0.15, 0.2) is 30.3 Å². The summed E-state index contributed by atoms with van der Waals surface area (Å²) >= 11 is 0. The van der Waals surface area contributed by atoms with Crippen LogP contribution in [0.1, 0.15) is 25.8 Å². The Hall–Kier alpha value is -2.30. The Bertz CT molecular complexity index is 493. The summed E-state index contributed by atoms with van der Waals surface area (Å²) in [6.45, 7) is 3.65. The van der Waals surface area contributed by atoms with Crippen LogP contribution >= 0.6 is 0 Å².